The number of thiol groups is 1. The van der Waals surface area contributed by atoms with Crippen LogP contribution in [0.2, 0.25) is 0 Å². The van der Waals surface area contributed by atoms with Crippen LogP contribution in [0.1, 0.15) is 0 Å². The largest absolute Gasteiger partial charge is 0.448 e. The van der Waals surface area contributed by atoms with Gasteiger partial charge in [-0.15, -0.1) is 0 Å². The monoisotopic (exact) mass is 200 g/mol. The molecule has 12 heavy (non-hydrogen) atoms. The van der Waals surface area contributed by atoms with E-state index in [1.807, 2.05) is 47.2 Å². The van der Waals surface area contributed by atoms with Gasteiger partial charge in [0.2, 0.25) is 0 Å². The standard InChI is InChI=1S/C8H8S.H2NOS/c1-2-4-6-8-9-7-5-3-1;1-3-2/h1-8H;1,3H/q;-1. The molecule has 1 aromatic heterocycles. The van der Waals surface area contributed by atoms with Gasteiger partial charge in [0.05, 0.1) is 0 Å². The Morgan fingerprint density at radius 1 is 0.917 bits per heavy atom. The molecule has 0 spiro atoms. The topological polar surface area (TPSA) is 40.9 Å². The Balaban J connectivity index is 0.000000354. The van der Waals surface area contributed by atoms with Crippen LogP contribution in [-0.2, 0) is 15.7 Å². The minimum atomic E-state index is -0.583. The van der Waals surface area contributed by atoms with Gasteiger partial charge in [-0.1, -0.05) is 36.4 Å². The molecule has 0 aliphatic carbocycles. The van der Waals surface area contributed by atoms with Gasteiger partial charge in [-0.25, -0.2) is 11.5 Å². The van der Waals surface area contributed by atoms with Crippen LogP contribution in [0.3, 0.4) is 0 Å². The average molecular weight is 200 g/mol. The van der Waals surface area contributed by atoms with Gasteiger partial charge in [0.1, 0.15) is 0 Å². The van der Waals surface area contributed by atoms with Gasteiger partial charge in [-0.05, 0) is 10.8 Å². The Morgan fingerprint density at radius 3 is 1.67 bits per heavy atom. The summed E-state index contributed by atoms with van der Waals surface area (Å²) in [6.07, 6.45) is 0. The minimum absolute atomic E-state index is 0.583. The van der Waals surface area contributed by atoms with E-state index in [1.165, 1.54) is 0 Å². The highest BCUT2D eigenvalue weighted by Gasteiger charge is 1.58. The summed E-state index contributed by atoms with van der Waals surface area (Å²) < 4.78 is 14.2. The number of rotatable bonds is 0. The molecule has 0 aromatic carbocycles. The summed E-state index contributed by atoms with van der Waals surface area (Å²) in [6, 6.07) is 12.1. The van der Waals surface area contributed by atoms with Gasteiger partial charge >= 0.3 is 0 Å². The molecule has 0 unspecified atom stereocenters. The lowest BCUT2D eigenvalue weighted by Crippen LogP contribution is -1.38. The Bertz CT molecular complexity index is 203. The Labute approximate surface area is 79.3 Å². The van der Waals surface area contributed by atoms with Crippen LogP contribution in [0.5, 0.6) is 0 Å². The van der Waals surface area contributed by atoms with Gasteiger partial charge in [-0.3, -0.25) is 0 Å². The molecule has 1 N–H and O–H groups in total. The Kier molecular flexibility index (Phi) is 9.40. The molecule has 1 rings (SSSR count). The summed E-state index contributed by atoms with van der Waals surface area (Å²) in [5.41, 5.74) is 0. The van der Waals surface area contributed by atoms with E-state index in [2.05, 4.69) is 0 Å². The molecule has 0 aliphatic rings. The molecule has 0 fully saturated rings. The fourth-order valence-corrected chi connectivity index (χ4v) is 0.937. The molecule has 0 saturated heterocycles. The first-order valence-electron chi connectivity index (χ1n) is 3.21. The van der Waals surface area contributed by atoms with Gasteiger partial charge in [0, 0.05) is 0 Å². The molecule has 0 amide bonds. The maximum absolute atomic E-state index is 8.57. The lowest BCUT2D eigenvalue weighted by Gasteiger charge is -1.59. The van der Waals surface area contributed by atoms with E-state index >= 15 is 0 Å². The maximum atomic E-state index is 8.57. The molecule has 0 radical (unpaired) electrons. The first kappa shape index (κ1) is 11.1. The van der Waals surface area contributed by atoms with Crippen LogP contribution in [0, 0.1) is 4.78 Å². The van der Waals surface area contributed by atoms with E-state index in [-0.39, 0.29) is 0 Å². The summed E-state index contributed by atoms with van der Waals surface area (Å²) in [5, 5.41) is 4.08. The third-order valence-corrected chi connectivity index (χ3v) is 1.50. The summed E-state index contributed by atoms with van der Waals surface area (Å²) in [4.78, 5) is 0. The second kappa shape index (κ2) is 10.1. The van der Waals surface area contributed by atoms with Gasteiger partial charge in [0.25, 0.3) is 0 Å². The van der Waals surface area contributed by atoms with Crippen molar-refractivity contribution in [1.82, 2.24) is 0 Å². The van der Waals surface area contributed by atoms with E-state index in [4.69, 9.17) is 8.99 Å². The second-order valence-corrected chi connectivity index (χ2v) is 2.65. The maximum Gasteiger partial charge on any atom is -0.00937 e. The normalized spacial score (nSPS) is 7.33. The van der Waals surface area contributed by atoms with Crippen molar-refractivity contribution in [3.8, 4) is 0 Å². The fraction of sp³-hybridized carbons (Fsp3) is 0. The lowest BCUT2D eigenvalue weighted by molar-refractivity contribution is 0.608. The van der Waals surface area contributed by atoms with Crippen molar-refractivity contribution < 1.29 is 4.21 Å². The van der Waals surface area contributed by atoms with Crippen molar-refractivity contribution in [2.24, 2.45) is 0 Å². The molecule has 0 aliphatic heterocycles. The SMILES string of the molecule is N=[SH-]=O.c1ccccsccc1. The summed E-state index contributed by atoms with van der Waals surface area (Å²) in [6.45, 7) is 0. The van der Waals surface area contributed by atoms with Crippen LogP contribution in [0.4, 0.5) is 0 Å². The minimum Gasteiger partial charge on any atom is -0.448 e. The van der Waals surface area contributed by atoms with Gasteiger partial charge in [0.15, 0.2) is 0 Å². The number of hydrogen-bond donors (Lipinski definition) is 1. The first-order valence-corrected chi connectivity index (χ1v) is 4.97. The predicted molar refractivity (Wildman–Crippen MR) is 54.1 cm³/mol. The fourth-order valence-electron chi connectivity index (χ4n) is 0.483. The molecule has 0 saturated carbocycles. The smallest absolute Gasteiger partial charge is 0.00937 e. The molecule has 1 aromatic rings. The van der Waals surface area contributed by atoms with E-state index in [1.54, 1.807) is 11.3 Å². The van der Waals surface area contributed by atoms with Crippen molar-refractivity contribution in [1.29, 1.82) is 4.78 Å². The molecular weight excluding hydrogens is 190 g/mol. The van der Waals surface area contributed by atoms with Crippen LogP contribution in [0.25, 0.3) is 0 Å². The number of hydrogen-bond acceptors (Lipinski definition) is 4. The van der Waals surface area contributed by atoms with E-state index in [0.29, 0.717) is 0 Å². The summed E-state index contributed by atoms with van der Waals surface area (Å²) in [7, 11) is 0. The summed E-state index contributed by atoms with van der Waals surface area (Å²) in [5.74, 6) is 0. The summed E-state index contributed by atoms with van der Waals surface area (Å²) >= 11 is 1.10. The zero-order valence-corrected chi connectivity index (χ0v) is 8.09. The van der Waals surface area contributed by atoms with Crippen LogP contribution in [0.15, 0.2) is 47.2 Å². The molecule has 0 atom stereocenters. The van der Waals surface area contributed by atoms with Gasteiger partial charge < -0.3 is 8.99 Å². The van der Waals surface area contributed by atoms with Crippen molar-refractivity contribution in [2.75, 3.05) is 0 Å². The lowest BCUT2D eigenvalue weighted by atomic mass is 10.5. The first-order chi connectivity index (χ1) is 5.91. The molecular formula is C8H10NOS2-. The van der Waals surface area contributed by atoms with Crippen LogP contribution in [-0.4, -0.2) is 0 Å². The number of nitrogens with one attached hydrogen (secondary N) is 1. The van der Waals surface area contributed by atoms with Crippen LogP contribution < -0.4 is 0 Å². The van der Waals surface area contributed by atoms with E-state index in [0.717, 1.165) is 0 Å². The highest BCUT2D eigenvalue weighted by atomic mass is 32.1. The van der Waals surface area contributed by atoms with Crippen molar-refractivity contribution >= 4 is 22.8 Å². The third-order valence-electron chi connectivity index (χ3n) is 0.870. The molecule has 4 heteroatoms. The zero-order valence-electron chi connectivity index (χ0n) is 6.38. The Morgan fingerprint density at radius 2 is 1.25 bits per heavy atom. The molecule has 66 valence electrons. The Hall–Kier alpha value is -0.870. The molecule has 2 nitrogen and oxygen atoms in total. The third kappa shape index (κ3) is 9.13. The van der Waals surface area contributed by atoms with Crippen LogP contribution >= 0.6 is 11.3 Å². The second-order valence-electron chi connectivity index (χ2n) is 1.65. The quantitative estimate of drug-likeness (QED) is 0.507. The van der Waals surface area contributed by atoms with Crippen molar-refractivity contribution in [3.05, 3.63) is 47.2 Å². The van der Waals surface area contributed by atoms with Crippen molar-refractivity contribution in [2.45, 2.75) is 0 Å². The van der Waals surface area contributed by atoms with Gasteiger partial charge in [-0.2, -0.15) is 11.3 Å². The van der Waals surface area contributed by atoms with E-state index in [9.17, 15) is 0 Å². The molecule has 1 heterocycles. The zero-order chi connectivity index (χ0) is 9.07. The molecule has 0 bridgehead atoms. The highest BCUT2D eigenvalue weighted by Crippen LogP contribution is 1.88. The van der Waals surface area contributed by atoms with Crippen molar-refractivity contribution in [3.63, 3.8) is 0 Å². The average Bonchev–Trinajstić information content (AvgIpc) is 2.19. The highest BCUT2D eigenvalue weighted by molar-refractivity contribution is 7.52. The predicted octanol–water partition coefficient (Wildman–Crippen LogP) is 2.78. The van der Waals surface area contributed by atoms with E-state index < -0.39 is 11.5 Å².